The second-order valence-corrected chi connectivity index (χ2v) is 5.96. The average Bonchev–Trinajstić information content (AvgIpc) is 3.16. The minimum atomic E-state index is -0.698. The maximum atomic E-state index is 12.1. The Morgan fingerprint density at radius 2 is 1.96 bits per heavy atom. The zero-order chi connectivity index (χ0) is 20.1. The number of nitrogens with zero attached hydrogens (tertiary/aromatic N) is 2. The number of nitrogens with two attached hydrogens (primary N) is 1. The molecule has 9 nitrogen and oxygen atoms in total. The molecule has 0 radical (unpaired) electrons. The molecule has 3 aromatic rings. The number of carbonyl (C=O) groups is 2. The van der Waals surface area contributed by atoms with Crippen LogP contribution in [0, 0.1) is 6.92 Å². The number of methoxy groups -OCH3 is 1. The smallest absolute Gasteiger partial charge is 0.271 e. The summed E-state index contributed by atoms with van der Waals surface area (Å²) in [6.45, 7) is 1.75. The first-order chi connectivity index (χ1) is 13.5. The summed E-state index contributed by atoms with van der Waals surface area (Å²) in [4.78, 5) is 23.5. The number of rotatable bonds is 7. The maximum absolute atomic E-state index is 12.1. The lowest BCUT2D eigenvalue weighted by Crippen LogP contribution is -2.20. The molecule has 28 heavy (non-hydrogen) atoms. The van der Waals surface area contributed by atoms with Crippen molar-refractivity contribution in [3.8, 4) is 22.8 Å². The van der Waals surface area contributed by atoms with Gasteiger partial charge in [-0.3, -0.25) is 9.59 Å². The van der Waals surface area contributed by atoms with Crippen molar-refractivity contribution < 1.29 is 19.1 Å². The number of anilines is 1. The molecule has 1 heterocycles. The average molecular weight is 381 g/mol. The second kappa shape index (κ2) is 8.21. The SMILES string of the molecule is COc1cc(-c2n[nH]nc2C(N)=O)ccc1OCC(=O)Nc1cccc(C)c1. The monoisotopic (exact) mass is 381 g/mol. The second-order valence-electron chi connectivity index (χ2n) is 5.96. The van der Waals surface area contributed by atoms with Crippen molar-refractivity contribution in [3.63, 3.8) is 0 Å². The van der Waals surface area contributed by atoms with Crippen LogP contribution in [0.4, 0.5) is 5.69 Å². The summed E-state index contributed by atoms with van der Waals surface area (Å²) in [5.41, 5.74) is 7.91. The molecule has 0 saturated carbocycles. The quantitative estimate of drug-likeness (QED) is 0.573. The number of aromatic nitrogens is 3. The van der Waals surface area contributed by atoms with E-state index in [0.29, 0.717) is 28.4 Å². The summed E-state index contributed by atoms with van der Waals surface area (Å²) in [6.07, 6.45) is 0. The number of ether oxygens (including phenoxy) is 2. The van der Waals surface area contributed by atoms with Gasteiger partial charge in [0.15, 0.2) is 23.8 Å². The fourth-order valence-electron chi connectivity index (χ4n) is 2.60. The Bertz CT molecular complexity index is 1020. The number of H-pyrrole nitrogens is 1. The summed E-state index contributed by atoms with van der Waals surface area (Å²) < 4.78 is 10.9. The number of hydrogen-bond donors (Lipinski definition) is 3. The van der Waals surface area contributed by atoms with Crippen LogP contribution in [0.25, 0.3) is 11.3 Å². The molecule has 144 valence electrons. The predicted octanol–water partition coefficient (Wildman–Crippen LogP) is 1.91. The Hall–Kier alpha value is -3.88. The lowest BCUT2D eigenvalue weighted by atomic mass is 10.1. The first-order valence-electron chi connectivity index (χ1n) is 8.36. The van der Waals surface area contributed by atoms with Gasteiger partial charge in [-0.1, -0.05) is 12.1 Å². The highest BCUT2D eigenvalue weighted by Gasteiger charge is 2.17. The van der Waals surface area contributed by atoms with Crippen molar-refractivity contribution in [1.29, 1.82) is 0 Å². The summed E-state index contributed by atoms with van der Waals surface area (Å²) in [5, 5.41) is 12.8. The van der Waals surface area contributed by atoms with Crippen LogP contribution < -0.4 is 20.5 Å². The molecule has 3 rings (SSSR count). The Kier molecular flexibility index (Phi) is 5.54. The Labute approximate surface area is 160 Å². The van der Waals surface area contributed by atoms with Crippen molar-refractivity contribution in [2.75, 3.05) is 19.0 Å². The molecule has 0 aliphatic rings. The molecule has 0 aliphatic heterocycles. The van der Waals surface area contributed by atoms with Crippen molar-refractivity contribution >= 4 is 17.5 Å². The van der Waals surface area contributed by atoms with Gasteiger partial charge < -0.3 is 20.5 Å². The van der Waals surface area contributed by atoms with E-state index >= 15 is 0 Å². The summed E-state index contributed by atoms with van der Waals surface area (Å²) in [6, 6.07) is 12.4. The lowest BCUT2D eigenvalue weighted by molar-refractivity contribution is -0.118. The van der Waals surface area contributed by atoms with Crippen molar-refractivity contribution in [3.05, 3.63) is 53.7 Å². The number of aryl methyl sites for hydroxylation is 1. The van der Waals surface area contributed by atoms with Crippen molar-refractivity contribution in [1.82, 2.24) is 15.4 Å². The molecule has 0 bridgehead atoms. The van der Waals surface area contributed by atoms with Crippen LogP contribution >= 0.6 is 0 Å². The summed E-state index contributed by atoms with van der Waals surface area (Å²) >= 11 is 0. The highest BCUT2D eigenvalue weighted by atomic mass is 16.5. The van der Waals surface area contributed by atoms with E-state index < -0.39 is 5.91 Å². The van der Waals surface area contributed by atoms with Gasteiger partial charge in [0.05, 0.1) is 7.11 Å². The van der Waals surface area contributed by atoms with Gasteiger partial charge in [-0.15, -0.1) is 0 Å². The Morgan fingerprint density at radius 1 is 1.14 bits per heavy atom. The Balaban J connectivity index is 1.71. The molecule has 9 heteroatoms. The van der Waals surface area contributed by atoms with Gasteiger partial charge in [0.2, 0.25) is 0 Å². The fraction of sp³-hybridized carbons (Fsp3) is 0.158. The third-order valence-corrected chi connectivity index (χ3v) is 3.88. The number of nitrogens with one attached hydrogen (secondary N) is 2. The van der Waals surface area contributed by atoms with E-state index in [1.54, 1.807) is 24.3 Å². The van der Waals surface area contributed by atoms with E-state index in [9.17, 15) is 9.59 Å². The molecular formula is C19H19N5O4. The fourth-order valence-corrected chi connectivity index (χ4v) is 2.60. The van der Waals surface area contributed by atoms with E-state index in [1.807, 2.05) is 25.1 Å². The number of primary amides is 1. The molecule has 0 fully saturated rings. The number of carbonyl (C=O) groups excluding carboxylic acids is 2. The molecule has 0 unspecified atom stereocenters. The minimum absolute atomic E-state index is 0.0215. The van der Waals surface area contributed by atoms with Crippen LogP contribution in [0.1, 0.15) is 16.1 Å². The molecular weight excluding hydrogens is 362 g/mol. The molecule has 0 saturated heterocycles. The highest BCUT2D eigenvalue weighted by Crippen LogP contribution is 2.32. The highest BCUT2D eigenvalue weighted by molar-refractivity contribution is 5.96. The van der Waals surface area contributed by atoms with Crippen LogP contribution in [0.5, 0.6) is 11.5 Å². The van der Waals surface area contributed by atoms with E-state index in [-0.39, 0.29) is 18.2 Å². The molecule has 1 aromatic heterocycles. The summed E-state index contributed by atoms with van der Waals surface area (Å²) in [7, 11) is 1.47. The van der Waals surface area contributed by atoms with Crippen LogP contribution in [-0.4, -0.2) is 40.9 Å². The molecule has 2 aromatic carbocycles. The van der Waals surface area contributed by atoms with Gasteiger partial charge in [-0.25, -0.2) is 0 Å². The molecule has 0 spiro atoms. The first-order valence-corrected chi connectivity index (χ1v) is 8.36. The van der Waals surface area contributed by atoms with Crippen LogP contribution in [0.15, 0.2) is 42.5 Å². The predicted molar refractivity (Wildman–Crippen MR) is 102 cm³/mol. The van der Waals surface area contributed by atoms with Crippen molar-refractivity contribution in [2.24, 2.45) is 5.73 Å². The van der Waals surface area contributed by atoms with Gasteiger partial charge in [-0.2, -0.15) is 15.4 Å². The largest absolute Gasteiger partial charge is 0.493 e. The normalized spacial score (nSPS) is 10.4. The molecule has 0 aliphatic carbocycles. The van der Waals surface area contributed by atoms with Gasteiger partial charge in [0.25, 0.3) is 11.8 Å². The van der Waals surface area contributed by atoms with Crippen LogP contribution in [0.2, 0.25) is 0 Å². The number of benzene rings is 2. The van der Waals surface area contributed by atoms with Gasteiger partial charge in [0, 0.05) is 11.3 Å². The summed E-state index contributed by atoms with van der Waals surface area (Å²) in [5.74, 6) is -0.255. The zero-order valence-electron chi connectivity index (χ0n) is 15.4. The lowest BCUT2D eigenvalue weighted by Gasteiger charge is -2.12. The van der Waals surface area contributed by atoms with E-state index in [1.165, 1.54) is 7.11 Å². The topological polar surface area (TPSA) is 132 Å². The Morgan fingerprint density at radius 3 is 2.68 bits per heavy atom. The van der Waals surface area contributed by atoms with E-state index in [4.69, 9.17) is 15.2 Å². The molecule has 0 atom stereocenters. The van der Waals surface area contributed by atoms with E-state index in [2.05, 4.69) is 20.7 Å². The first kappa shape index (κ1) is 18.9. The van der Waals surface area contributed by atoms with Gasteiger partial charge in [-0.05, 0) is 42.8 Å². The number of hydrogen-bond acceptors (Lipinski definition) is 6. The number of amides is 2. The van der Waals surface area contributed by atoms with Crippen molar-refractivity contribution in [2.45, 2.75) is 6.92 Å². The van der Waals surface area contributed by atoms with Gasteiger partial charge in [0.1, 0.15) is 5.69 Å². The van der Waals surface area contributed by atoms with Gasteiger partial charge >= 0.3 is 0 Å². The molecule has 2 amide bonds. The van der Waals surface area contributed by atoms with Crippen LogP contribution in [-0.2, 0) is 4.79 Å². The number of aromatic amines is 1. The standard InChI is InChI=1S/C19H19N5O4/c1-11-4-3-5-13(8-11)21-16(25)10-28-14-7-6-12(9-15(14)27-2)17-18(19(20)26)23-24-22-17/h3-9H,10H2,1-2H3,(H2,20,26)(H,21,25)(H,22,23,24). The minimum Gasteiger partial charge on any atom is -0.493 e. The van der Waals surface area contributed by atoms with Crippen LogP contribution in [0.3, 0.4) is 0 Å². The zero-order valence-corrected chi connectivity index (χ0v) is 15.4. The third-order valence-electron chi connectivity index (χ3n) is 3.88. The maximum Gasteiger partial charge on any atom is 0.271 e. The molecule has 4 N–H and O–H groups in total. The van der Waals surface area contributed by atoms with E-state index in [0.717, 1.165) is 5.56 Å². The third kappa shape index (κ3) is 4.26.